The molecule has 0 unspecified atom stereocenters. The minimum absolute atomic E-state index is 0.0166. The third-order valence-corrected chi connectivity index (χ3v) is 9.26. The predicted octanol–water partition coefficient (Wildman–Crippen LogP) is 2.81. The Morgan fingerprint density at radius 2 is 1.93 bits per heavy atom. The van der Waals surface area contributed by atoms with Gasteiger partial charge in [0.15, 0.2) is 12.4 Å². The van der Waals surface area contributed by atoms with Gasteiger partial charge in [-0.15, -0.1) is 0 Å². The summed E-state index contributed by atoms with van der Waals surface area (Å²) >= 11 is 0. The molecule has 30 heavy (non-hydrogen) atoms. The van der Waals surface area contributed by atoms with Crippen molar-refractivity contribution >= 4 is 23.8 Å². The molecule has 164 valence electrons. The lowest BCUT2D eigenvalue weighted by molar-refractivity contribution is -0.175. The van der Waals surface area contributed by atoms with Gasteiger partial charge in [0.25, 0.3) is 0 Å². The predicted molar refractivity (Wildman–Crippen MR) is 108 cm³/mol. The van der Waals surface area contributed by atoms with Gasteiger partial charge in [-0.3, -0.25) is 14.4 Å². The highest BCUT2D eigenvalue weighted by Gasteiger charge is 2.69. The molecule has 6 heteroatoms. The van der Waals surface area contributed by atoms with Crippen molar-refractivity contribution in [2.24, 2.45) is 34.5 Å². The first kappa shape index (κ1) is 21.4. The molecule has 0 radical (unpaired) electrons. The maximum Gasteiger partial charge on any atom is 0.303 e. The van der Waals surface area contributed by atoms with Crippen LogP contribution in [0.15, 0.2) is 11.6 Å². The zero-order chi connectivity index (χ0) is 21.9. The van der Waals surface area contributed by atoms with E-state index in [1.807, 2.05) is 13.0 Å². The Hall–Kier alpha value is -1.82. The lowest BCUT2D eigenvalue weighted by atomic mass is 9.46. The number of hydrogen-bond acceptors (Lipinski definition) is 6. The fourth-order valence-electron chi connectivity index (χ4n) is 7.61. The Morgan fingerprint density at radius 3 is 2.60 bits per heavy atom. The molecule has 0 amide bonds. The van der Waals surface area contributed by atoms with Gasteiger partial charge in [-0.25, -0.2) is 0 Å². The van der Waals surface area contributed by atoms with Crippen LogP contribution in [0.4, 0.5) is 0 Å². The van der Waals surface area contributed by atoms with E-state index in [1.54, 1.807) is 0 Å². The molecule has 0 aromatic heterocycles. The van der Waals surface area contributed by atoms with E-state index < -0.39 is 35.3 Å². The van der Waals surface area contributed by atoms with Gasteiger partial charge in [-0.2, -0.15) is 0 Å². The highest BCUT2D eigenvalue weighted by atomic mass is 16.5. The maximum atomic E-state index is 13.1. The molecule has 3 fully saturated rings. The van der Waals surface area contributed by atoms with Crippen LogP contribution in [0, 0.1) is 34.5 Å². The zero-order valence-corrected chi connectivity index (χ0v) is 18.1. The highest BCUT2D eigenvalue weighted by Crippen LogP contribution is 2.68. The van der Waals surface area contributed by atoms with Crippen molar-refractivity contribution in [1.82, 2.24) is 0 Å². The van der Waals surface area contributed by atoms with Crippen LogP contribution in [0.25, 0.3) is 0 Å². The Kier molecular flexibility index (Phi) is 5.08. The normalized spacial score (nSPS) is 44.9. The van der Waals surface area contributed by atoms with Crippen LogP contribution in [0.3, 0.4) is 0 Å². The first-order valence-corrected chi connectivity index (χ1v) is 11.2. The number of ketones is 2. The molecule has 0 aromatic rings. The van der Waals surface area contributed by atoms with E-state index in [9.17, 15) is 24.3 Å². The maximum absolute atomic E-state index is 13.1. The van der Waals surface area contributed by atoms with Crippen LogP contribution in [0.5, 0.6) is 0 Å². The molecule has 0 spiro atoms. The van der Waals surface area contributed by atoms with Gasteiger partial charge in [0.1, 0.15) is 11.9 Å². The summed E-state index contributed by atoms with van der Waals surface area (Å²) < 4.78 is 4.90. The molecule has 4 rings (SSSR count). The van der Waals surface area contributed by atoms with Crippen molar-refractivity contribution in [2.75, 3.05) is 6.61 Å². The Balaban J connectivity index is 1.68. The first-order chi connectivity index (χ1) is 14.1. The fraction of sp³-hybridized carbons (Fsp3) is 0.750. The number of allylic oxidation sites excluding steroid dienone is 1. The molecule has 7 atom stereocenters. The van der Waals surface area contributed by atoms with Gasteiger partial charge in [-0.05, 0) is 67.8 Å². The fourth-order valence-corrected chi connectivity index (χ4v) is 7.61. The molecule has 0 saturated heterocycles. The summed E-state index contributed by atoms with van der Waals surface area (Å²) in [7, 11) is 0. The number of esters is 1. The van der Waals surface area contributed by atoms with Crippen LogP contribution in [-0.2, 0) is 23.9 Å². The number of fused-ring (bicyclic) bond motifs is 5. The largest absolute Gasteiger partial charge is 0.458 e. The van der Waals surface area contributed by atoms with Crippen molar-refractivity contribution in [2.45, 2.75) is 71.3 Å². The van der Waals surface area contributed by atoms with Crippen molar-refractivity contribution in [1.29, 1.82) is 0 Å². The number of ether oxygens (including phenoxy) is 1. The molecular weight excluding hydrogens is 384 g/mol. The lowest BCUT2D eigenvalue weighted by Crippen LogP contribution is -2.60. The molecule has 4 aliphatic carbocycles. The van der Waals surface area contributed by atoms with Gasteiger partial charge >= 0.3 is 5.97 Å². The van der Waals surface area contributed by atoms with Gasteiger partial charge in [-0.1, -0.05) is 19.4 Å². The smallest absolute Gasteiger partial charge is 0.303 e. The minimum Gasteiger partial charge on any atom is -0.458 e. The van der Waals surface area contributed by atoms with E-state index in [-0.39, 0.29) is 17.1 Å². The van der Waals surface area contributed by atoms with Crippen molar-refractivity contribution < 1.29 is 29.0 Å². The SMILES string of the molecule is CC(=O)OCC(=O)[C@@]1(O)[C@H](C=O)C[C@H]2[C@@H]3CCC4=CC(=O)CC[C@]4(C)[C@H]3CC[C@@]21C. The molecule has 3 saturated carbocycles. The second-order valence-corrected chi connectivity index (χ2v) is 10.4. The molecular formula is C24H32O6. The van der Waals surface area contributed by atoms with E-state index in [0.29, 0.717) is 31.1 Å². The van der Waals surface area contributed by atoms with E-state index in [1.165, 1.54) is 12.5 Å². The Bertz CT molecular complexity index is 830. The van der Waals surface area contributed by atoms with Gasteiger partial charge in [0.05, 0.1) is 5.92 Å². The van der Waals surface area contributed by atoms with E-state index in [0.717, 1.165) is 32.0 Å². The summed E-state index contributed by atoms with van der Waals surface area (Å²) in [5.74, 6) is -0.970. The minimum atomic E-state index is -1.81. The molecule has 4 aliphatic rings. The van der Waals surface area contributed by atoms with Gasteiger partial charge in [0.2, 0.25) is 5.78 Å². The molecule has 1 N–H and O–H groups in total. The summed E-state index contributed by atoms with van der Waals surface area (Å²) in [4.78, 5) is 48.2. The Labute approximate surface area is 177 Å². The average Bonchev–Trinajstić information content (AvgIpc) is 2.94. The van der Waals surface area contributed by atoms with Crippen LogP contribution < -0.4 is 0 Å². The van der Waals surface area contributed by atoms with Crippen LogP contribution >= 0.6 is 0 Å². The van der Waals surface area contributed by atoms with Crippen LogP contribution in [-0.4, -0.2) is 41.1 Å². The van der Waals surface area contributed by atoms with E-state index >= 15 is 0 Å². The zero-order valence-electron chi connectivity index (χ0n) is 18.1. The highest BCUT2D eigenvalue weighted by molar-refractivity contribution is 5.94. The number of aldehydes is 1. The van der Waals surface area contributed by atoms with Crippen molar-refractivity contribution in [3.8, 4) is 0 Å². The number of aliphatic hydroxyl groups is 1. The van der Waals surface area contributed by atoms with Crippen molar-refractivity contribution in [3.63, 3.8) is 0 Å². The molecule has 0 heterocycles. The lowest BCUT2D eigenvalue weighted by Gasteiger charge is -2.58. The van der Waals surface area contributed by atoms with E-state index in [2.05, 4.69) is 6.92 Å². The third kappa shape index (κ3) is 2.79. The van der Waals surface area contributed by atoms with Crippen molar-refractivity contribution in [3.05, 3.63) is 11.6 Å². The Morgan fingerprint density at radius 1 is 1.20 bits per heavy atom. The monoisotopic (exact) mass is 416 g/mol. The number of hydrogen-bond donors (Lipinski definition) is 1. The summed E-state index contributed by atoms with van der Waals surface area (Å²) in [5, 5.41) is 11.7. The molecule has 0 bridgehead atoms. The standard InChI is InChI=1S/C24H32O6/c1-14(26)30-13-21(28)24(29)16(12-25)11-20-18-5-4-15-10-17(27)6-8-22(15,2)19(18)7-9-23(20,24)3/h10,12,16,18-20,29H,4-9,11,13H2,1-3H3/t16-,18+,19-,20-,22-,23-,24-/m0/s1. The summed E-state index contributed by atoms with van der Waals surface area (Å²) in [6.45, 7) is 4.94. The topological polar surface area (TPSA) is 97.7 Å². The van der Waals surface area contributed by atoms with Crippen LogP contribution in [0.1, 0.15) is 65.7 Å². The van der Waals surface area contributed by atoms with E-state index in [4.69, 9.17) is 4.74 Å². The number of Topliss-reactive ketones (excluding diaryl/α,β-unsaturated/α-hetero) is 1. The summed E-state index contributed by atoms with van der Waals surface area (Å²) in [6, 6.07) is 0. The second-order valence-electron chi connectivity index (χ2n) is 10.4. The summed E-state index contributed by atoms with van der Waals surface area (Å²) in [5.41, 5.74) is -1.29. The molecule has 0 aliphatic heterocycles. The summed E-state index contributed by atoms with van der Waals surface area (Å²) in [6.07, 6.45) is 7.77. The average molecular weight is 417 g/mol. The first-order valence-electron chi connectivity index (χ1n) is 11.2. The quantitative estimate of drug-likeness (QED) is 0.559. The number of carbonyl (C=O) groups excluding carboxylic acids is 4. The third-order valence-electron chi connectivity index (χ3n) is 9.26. The van der Waals surface area contributed by atoms with Gasteiger partial charge < -0.3 is 14.6 Å². The number of carbonyl (C=O) groups is 4. The molecule has 0 aromatic carbocycles. The van der Waals surface area contributed by atoms with Crippen LogP contribution in [0.2, 0.25) is 0 Å². The van der Waals surface area contributed by atoms with Gasteiger partial charge in [0, 0.05) is 18.8 Å². The molecule has 6 nitrogen and oxygen atoms in total. The second kappa shape index (κ2) is 7.11. The number of rotatable bonds is 4.